The number of allylic oxidation sites excluding steroid dienone is 1. The van der Waals surface area contributed by atoms with E-state index in [0.29, 0.717) is 0 Å². The third kappa shape index (κ3) is 2.69. The molecule has 0 saturated carbocycles. The van der Waals surface area contributed by atoms with Crippen LogP contribution in [-0.4, -0.2) is 5.78 Å². The van der Waals surface area contributed by atoms with Crippen LogP contribution in [0.4, 0.5) is 0 Å². The van der Waals surface area contributed by atoms with E-state index in [1.54, 1.807) is 0 Å². The highest BCUT2D eigenvalue weighted by Gasteiger charge is 2.31. The van der Waals surface area contributed by atoms with Crippen molar-refractivity contribution in [3.05, 3.63) is 131 Å². The summed E-state index contributed by atoms with van der Waals surface area (Å²) < 4.78 is 0. The molecule has 1 nitrogen and oxygen atoms in total. The predicted molar refractivity (Wildman–Crippen MR) is 115 cm³/mol. The molecule has 0 amide bonds. The molecule has 1 heteroatoms. The van der Waals surface area contributed by atoms with Crippen molar-refractivity contribution in [3.8, 4) is 11.1 Å². The maximum absolute atomic E-state index is 13.4. The van der Waals surface area contributed by atoms with Crippen LogP contribution in [0.5, 0.6) is 0 Å². The fourth-order valence-electron chi connectivity index (χ4n) is 3.93. The van der Waals surface area contributed by atoms with Gasteiger partial charge in [0.05, 0.1) is 0 Å². The quantitative estimate of drug-likeness (QED) is 0.408. The number of benzene rings is 4. The summed E-state index contributed by atoms with van der Waals surface area (Å²) in [4.78, 5) is 13.4. The van der Waals surface area contributed by atoms with Gasteiger partial charge in [-0.3, -0.25) is 4.79 Å². The molecule has 0 aromatic heterocycles. The minimum Gasteiger partial charge on any atom is -0.289 e. The summed E-state index contributed by atoms with van der Waals surface area (Å²) in [5.74, 6) is 0.0969. The van der Waals surface area contributed by atoms with Crippen LogP contribution in [0.25, 0.3) is 22.3 Å². The van der Waals surface area contributed by atoms with Gasteiger partial charge in [-0.25, -0.2) is 0 Å². The third-order valence-corrected chi connectivity index (χ3v) is 5.24. The van der Waals surface area contributed by atoms with Crippen LogP contribution in [0.2, 0.25) is 0 Å². The van der Waals surface area contributed by atoms with E-state index in [-0.39, 0.29) is 5.78 Å². The van der Waals surface area contributed by atoms with Crippen LogP contribution in [0.15, 0.2) is 109 Å². The molecular formula is C27H18O. The van der Waals surface area contributed by atoms with Gasteiger partial charge in [-0.1, -0.05) is 97.1 Å². The van der Waals surface area contributed by atoms with Gasteiger partial charge in [0.15, 0.2) is 5.78 Å². The van der Waals surface area contributed by atoms with E-state index in [2.05, 4.69) is 30.3 Å². The Balaban J connectivity index is 1.78. The van der Waals surface area contributed by atoms with Crippen molar-refractivity contribution in [2.75, 3.05) is 0 Å². The standard InChI is InChI=1S/C27H18O/c28-27-23-17-16-22(19-10-4-1-5-11-19)18-24(23)25(20-12-6-2-7-13-20)26(27)21-14-8-3-9-15-21/h1-18H. The van der Waals surface area contributed by atoms with Crippen LogP contribution >= 0.6 is 0 Å². The number of fused-ring (bicyclic) bond motifs is 1. The van der Waals surface area contributed by atoms with Crippen molar-refractivity contribution < 1.29 is 4.79 Å². The first-order chi connectivity index (χ1) is 13.8. The van der Waals surface area contributed by atoms with Gasteiger partial charge in [-0.05, 0) is 39.9 Å². The molecule has 0 radical (unpaired) electrons. The molecule has 0 aliphatic heterocycles. The summed E-state index contributed by atoms with van der Waals surface area (Å²) in [5, 5.41) is 0. The highest BCUT2D eigenvalue weighted by atomic mass is 16.1. The fraction of sp³-hybridized carbons (Fsp3) is 0. The van der Waals surface area contributed by atoms with Gasteiger partial charge in [0.2, 0.25) is 0 Å². The second-order valence-corrected chi connectivity index (χ2v) is 6.94. The molecule has 132 valence electrons. The summed E-state index contributed by atoms with van der Waals surface area (Å²) in [6.07, 6.45) is 0. The van der Waals surface area contributed by atoms with Crippen LogP contribution < -0.4 is 0 Å². The van der Waals surface area contributed by atoms with Crippen molar-refractivity contribution in [2.24, 2.45) is 0 Å². The lowest BCUT2D eigenvalue weighted by Crippen LogP contribution is -1.98. The Labute approximate surface area is 164 Å². The van der Waals surface area contributed by atoms with Gasteiger partial charge < -0.3 is 0 Å². The van der Waals surface area contributed by atoms with Crippen LogP contribution in [0.1, 0.15) is 27.0 Å². The van der Waals surface area contributed by atoms with Gasteiger partial charge in [0.1, 0.15) is 0 Å². The lowest BCUT2D eigenvalue weighted by Gasteiger charge is -2.10. The molecule has 0 saturated heterocycles. The number of ketones is 1. The molecule has 1 aliphatic carbocycles. The van der Waals surface area contributed by atoms with E-state index in [4.69, 9.17) is 0 Å². The Bertz CT molecular complexity index is 1190. The van der Waals surface area contributed by atoms with Crippen molar-refractivity contribution in [3.63, 3.8) is 0 Å². The van der Waals surface area contributed by atoms with Crippen molar-refractivity contribution in [2.45, 2.75) is 0 Å². The largest absolute Gasteiger partial charge is 0.289 e. The molecule has 5 rings (SSSR count). The monoisotopic (exact) mass is 358 g/mol. The van der Waals surface area contributed by atoms with E-state index in [1.807, 2.05) is 78.9 Å². The Kier molecular flexibility index (Phi) is 3.99. The molecular weight excluding hydrogens is 340 g/mol. The molecule has 1 aliphatic rings. The maximum Gasteiger partial charge on any atom is 0.194 e. The summed E-state index contributed by atoms with van der Waals surface area (Å²) in [6, 6.07) is 36.6. The van der Waals surface area contributed by atoms with E-state index in [1.165, 1.54) is 0 Å². The highest BCUT2D eigenvalue weighted by Crippen LogP contribution is 2.43. The molecule has 0 N–H and O–H groups in total. The molecule has 4 aromatic carbocycles. The molecule has 0 heterocycles. The van der Waals surface area contributed by atoms with E-state index < -0.39 is 0 Å². The Hall–Kier alpha value is -3.71. The molecule has 0 bridgehead atoms. The predicted octanol–water partition coefficient (Wildman–Crippen LogP) is 6.51. The van der Waals surface area contributed by atoms with Gasteiger partial charge >= 0.3 is 0 Å². The minimum absolute atomic E-state index is 0.0969. The molecule has 0 spiro atoms. The minimum atomic E-state index is 0.0969. The Morgan fingerprint density at radius 3 is 1.46 bits per heavy atom. The number of rotatable bonds is 3. The first kappa shape index (κ1) is 16.5. The van der Waals surface area contributed by atoms with Crippen molar-refractivity contribution >= 4 is 16.9 Å². The summed E-state index contributed by atoms with van der Waals surface area (Å²) >= 11 is 0. The zero-order valence-corrected chi connectivity index (χ0v) is 15.3. The lowest BCUT2D eigenvalue weighted by atomic mass is 9.93. The topological polar surface area (TPSA) is 17.1 Å². The normalized spacial score (nSPS) is 12.9. The maximum atomic E-state index is 13.4. The van der Waals surface area contributed by atoms with Gasteiger partial charge in [-0.2, -0.15) is 0 Å². The summed E-state index contributed by atoms with van der Waals surface area (Å²) in [5.41, 5.74) is 7.89. The smallest absolute Gasteiger partial charge is 0.194 e. The molecule has 0 fully saturated rings. The number of carbonyl (C=O) groups is 1. The van der Waals surface area contributed by atoms with Crippen molar-refractivity contribution in [1.29, 1.82) is 0 Å². The van der Waals surface area contributed by atoms with E-state index in [9.17, 15) is 4.79 Å². The van der Waals surface area contributed by atoms with Crippen LogP contribution in [-0.2, 0) is 0 Å². The zero-order chi connectivity index (χ0) is 18.9. The summed E-state index contributed by atoms with van der Waals surface area (Å²) in [6.45, 7) is 0. The highest BCUT2D eigenvalue weighted by molar-refractivity contribution is 6.41. The Morgan fingerprint density at radius 1 is 0.393 bits per heavy atom. The SMILES string of the molecule is O=C1C(c2ccccc2)=C(c2ccccc2)c2cc(-c3ccccc3)ccc21. The number of hydrogen-bond donors (Lipinski definition) is 0. The average Bonchev–Trinajstić information content (AvgIpc) is 3.07. The second kappa shape index (κ2) is 6.79. The second-order valence-electron chi connectivity index (χ2n) is 6.94. The first-order valence-corrected chi connectivity index (χ1v) is 9.42. The van der Waals surface area contributed by atoms with Gasteiger partial charge in [0.25, 0.3) is 0 Å². The molecule has 28 heavy (non-hydrogen) atoms. The summed E-state index contributed by atoms with van der Waals surface area (Å²) in [7, 11) is 0. The molecule has 0 atom stereocenters. The van der Waals surface area contributed by atoms with E-state index >= 15 is 0 Å². The number of Topliss-reactive ketones (excluding diaryl/α,β-unsaturated/α-hetero) is 1. The van der Waals surface area contributed by atoms with Crippen LogP contribution in [0, 0.1) is 0 Å². The number of hydrogen-bond acceptors (Lipinski definition) is 1. The van der Waals surface area contributed by atoms with E-state index in [0.717, 1.165) is 44.5 Å². The fourth-order valence-corrected chi connectivity index (χ4v) is 3.93. The first-order valence-electron chi connectivity index (χ1n) is 9.42. The lowest BCUT2D eigenvalue weighted by molar-refractivity contribution is 0.105. The number of carbonyl (C=O) groups excluding carboxylic acids is 1. The van der Waals surface area contributed by atoms with Crippen molar-refractivity contribution in [1.82, 2.24) is 0 Å². The Morgan fingerprint density at radius 2 is 0.893 bits per heavy atom. The molecule has 0 unspecified atom stereocenters. The van der Waals surface area contributed by atoms with Gasteiger partial charge in [-0.15, -0.1) is 0 Å². The van der Waals surface area contributed by atoms with Crippen LogP contribution in [0.3, 0.4) is 0 Å². The zero-order valence-electron chi connectivity index (χ0n) is 15.3. The third-order valence-electron chi connectivity index (χ3n) is 5.24. The molecule has 4 aromatic rings. The van der Waals surface area contributed by atoms with Gasteiger partial charge in [0, 0.05) is 16.7 Å². The average molecular weight is 358 g/mol.